The van der Waals surface area contributed by atoms with E-state index < -0.39 is 11.9 Å². The fourth-order valence-corrected chi connectivity index (χ4v) is 1.33. The van der Waals surface area contributed by atoms with E-state index in [1.165, 1.54) is 24.3 Å². The number of aromatic carboxylic acids is 1. The minimum absolute atomic E-state index is 0.0374. The maximum absolute atomic E-state index is 11.5. The molecule has 0 atom stereocenters. The Bertz CT molecular complexity index is 414. The minimum atomic E-state index is -1.09. The van der Waals surface area contributed by atoms with E-state index in [4.69, 9.17) is 9.99 Å². The molecule has 0 aromatic heterocycles. The predicted molar refractivity (Wildman–Crippen MR) is 64.3 cm³/mol. The van der Waals surface area contributed by atoms with Gasteiger partial charge in [-0.15, -0.1) is 0 Å². The van der Waals surface area contributed by atoms with Crippen LogP contribution >= 0.6 is 0 Å². The number of carboxylic acid groups (broad SMARTS) is 1. The Hall–Kier alpha value is -1.88. The fraction of sp³-hybridized carbons (Fsp3) is 0.385. The second-order valence-corrected chi connectivity index (χ2v) is 3.79. The monoisotopic (exact) mass is 252 g/mol. The third-order valence-electron chi connectivity index (χ3n) is 2.31. The molecule has 0 amide bonds. The molecule has 0 unspecified atom stereocenters. The van der Waals surface area contributed by atoms with Gasteiger partial charge in [-0.05, 0) is 24.6 Å². The average molecular weight is 252 g/mol. The van der Waals surface area contributed by atoms with Crippen molar-refractivity contribution >= 4 is 11.9 Å². The van der Waals surface area contributed by atoms with Crippen LogP contribution in [0.2, 0.25) is 0 Å². The van der Waals surface area contributed by atoms with Gasteiger partial charge in [0.25, 0.3) is 0 Å². The summed E-state index contributed by atoms with van der Waals surface area (Å²) in [5.74, 6) is -1.77. The molecular weight excluding hydrogens is 236 g/mol. The molecule has 0 aliphatic rings. The van der Waals surface area contributed by atoms with Gasteiger partial charge in [-0.25, -0.2) is 9.59 Å². The van der Waals surface area contributed by atoms with Crippen molar-refractivity contribution in [3.8, 4) is 0 Å². The van der Waals surface area contributed by atoms with Gasteiger partial charge >= 0.3 is 11.9 Å². The first-order chi connectivity index (χ1) is 8.65. The fourth-order valence-electron chi connectivity index (χ4n) is 1.33. The molecule has 1 aromatic carbocycles. The van der Waals surface area contributed by atoms with Gasteiger partial charge in [-0.2, -0.15) is 4.89 Å². The Morgan fingerprint density at radius 2 is 1.94 bits per heavy atom. The van der Waals surface area contributed by atoms with E-state index in [0.717, 1.165) is 19.3 Å². The van der Waals surface area contributed by atoms with Crippen molar-refractivity contribution in [3.63, 3.8) is 0 Å². The SMILES string of the molecule is CCCCCOOC(=O)c1cccc(C(=O)O)c1. The number of carbonyl (C=O) groups excluding carboxylic acids is 1. The number of hydrogen-bond acceptors (Lipinski definition) is 4. The standard InChI is InChI=1S/C13H16O5/c1-2-3-4-8-17-18-13(16)11-7-5-6-10(9-11)12(14)15/h5-7,9H,2-4,8H2,1H3,(H,14,15). The summed E-state index contributed by atoms with van der Waals surface area (Å²) in [6.45, 7) is 2.40. The van der Waals surface area contributed by atoms with Crippen molar-refractivity contribution in [1.29, 1.82) is 0 Å². The summed E-state index contributed by atoms with van der Waals surface area (Å²) in [4.78, 5) is 31.6. The summed E-state index contributed by atoms with van der Waals surface area (Å²) in [7, 11) is 0. The highest BCUT2D eigenvalue weighted by Crippen LogP contribution is 2.07. The lowest BCUT2D eigenvalue weighted by Crippen LogP contribution is -2.08. The van der Waals surface area contributed by atoms with Crippen LogP contribution in [0.25, 0.3) is 0 Å². The molecule has 5 nitrogen and oxygen atoms in total. The number of rotatable bonds is 7. The zero-order chi connectivity index (χ0) is 13.4. The predicted octanol–water partition coefficient (Wildman–Crippen LogP) is 2.66. The van der Waals surface area contributed by atoms with Crippen molar-refractivity contribution in [2.45, 2.75) is 26.2 Å². The van der Waals surface area contributed by atoms with E-state index in [0.29, 0.717) is 6.61 Å². The van der Waals surface area contributed by atoms with Crippen LogP contribution in [0.4, 0.5) is 0 Å². The van der Waals surface area contributed by atoms with E-state index in [1.807, 2.05) is 0 Å². The largest absolute Gasteiger partial charge is 0.478 e. The smallest absolute Gasteiger partial charge is 0.373 e. The van der Waals surface area contributed by atoms with Crippen molar-refractivity contribution in [2.75, 3.05) is 6.61 Å². The van der Waals surface area contributed by atoms with Crippen molar-refractivity contribution < 1.29 is 24.5 Å². The van der Waals surface area contributed by atoms with Crippen LogP contribution in [-0.2, 0) is 9.78 Å². The van der Waals surface area contributed by atoms with Crippen LogP contribution in [-0.4, -0.2) is 23.7 Å². The molecule has 1 rings (SSSR count). The maximum Gasteiger partial charge on any atom is 0.373 e. The van der Waals surface area contributed by atoms with Crippen LogP contribution in [0.15, 0.2) is 24.3 Å². The molecule has 1 N–H and O–H groups in total. The van der Waals surface area contributed by atoms with Crippen LogP contribution in [0, 0.1) is 0 Å². The highest BCUT2D eigenvalue weighted by Gasteiger charge is 2.11. The molecule has 5 heteroatoms. The number of carbonyl (C=O) groups is 2. The van der Waals surface area contributed by atoms with Crippen LogP contribution in [0.5, 0.6) is 0 Å². The molecule has 0 spiro atoms. The van der Waals surface area contributed by atoms with Crippen LogP contribution in [0.1, 0.15) is 46.9 Å². The first-order valence-corrected chi connectivity index (χ1v) is 5.82. The molecule has 0 saturated carbocycles. The lowest BCUT2D eigenvalue weighted by molar-refractivity contribution is -0.241. The van der Waals surface area contributed by atoms with E-state index in [-0.39, 0.29) is 11.1 Å². The number of carboxylic acids is 1. The molecular formula is C13H16O5. The van der Waals surface area contributed by atoms with Crippen LogP contribution in [0.3, 0.4) is 0 Å². The summed E-state index contributed by atoms with van der Waals surface area (Å²) in [6.07, 6.45) is 2.88. The summed E-state index contributed by atoms with van der Waals surface area (Å²) in [5, 5.41) is 8.78. The van der Waals surface area contributed by atoms with Gasteiger partial charge in [-0.1, -0.05) is 25.8 Å². The summed E-state index contributed by atoms with van der Waals surface area (Å²) < 4.78 is 0. The van der Waals surface area contributed by atoms with Gasteiger partial charge in [0, 0.05) is 0 Å². The summed E-state index contributed by atoms with van der Waals surface area (Å²) >= 11 is 0. The van der Waals surface area contributed by atoms with E-state index in [2.05, 4.69) is 11.8 Å². The Morgan fingerprint density at radius 3 is 2.61 bits per heavy atom. The summed E-state index contributed by atoms with van der Waals surface area (Å²) in [6, 6.07) is 5.61. The Morgan fingerprint density at radius 1 is 1.22 bits per heavy atom. The number of benzene rings is 1. The normalized spacial score (nSPS) is 10.1. The van der Waals surface area contributed by atoms with Gasteiger partial charge < -0.3 is 5.11 Å². The summed E-state index contributed by atoms with van der Waals surface area (Å²) in [5.41, 5.74) is 0.195. The molecule has 18 heavy (non-hydrogen) atoms. The molecule has 0 saturated heterocycles. The highest BCUT2D eigenvalue weighted by atomic mass is 17.2. The topological polar surface area (TPSA) is 72.8 Å². The van der Waals surface area contributed by atoms with Gasteiger partial charge in [0.05, 0.1) is 17.7 Å². The molecule has 0 bridgehead atoms. The molecule has 0 aliphatic heterocycles. The number of unbranched alkanes of at least 4 members (excludes halogenated alkanes) is 2. The zero-order valence-electron chi connectivity index (χ0n) is 10.2. The van der Waals surface area contributed by atoms with Gasteiger partial charge in [0.15, 0.2) is 0 Å². The lowest BCUT2D eigenvalue weighted by Gasteiger charge is -2.04. The van der Waals surface area contributed by atoms with Crippen LogP contribution < -0.4 is 0 Å². The van der Waals surface area contributed by atoms with E-state index >= 15 is 0 Å². The molecule has 1 aromatic rings. The third-order valence-corrected chi connectivity index (χ3v) is 2.31. The van der Waals surface area contributed by atoms with Gasteiger partial charge in [0.2, 0.25) is 0 Å². The molecule has 0 aliphatic carbocycles. The second kappa shape index (κ2) is 7.45. The van der Waals surface area contributed by atoms with Gasteiger partial charge in [0.1, 0.15) is 0 Å². The maximum atomic E-state index is 11.5. The first-order valence-electron chi connectivity index (χ1n) is 5.82. The third kappa shape index (κ3) is 4.55. The quantitative estimate of drug-likeness (QED) is 0.459. The second-order valence-electron chi connectivity index (χ2n) is 3.79. The molecule has 0 heterocycles. The van der Waals surface area contributed by atoms with Crippen molar-refractivity contribution in [3.05, 3.63) is 35.4 Å². The molecule has 0 radical (unpaired) electrons. The Labute approximate surface area is 105 Å². The Balaban J connectivity index is 2.46. The van der Waals surface area contributed by atoms with E-state index in [1.54, 1.807) is 0 Å². The molecule has 98 valence electrons. The average Bonchev–Trinajstić information content (AvgIpc) is 2.38. The first kappa shape index (κ1) is 14.2. The number of hydrogen-bond donors (Lipinski definition) is 1. The minimum Gasteiger partial charge on any atom is -0.478 e. The molecule has 0 fully saturated rings. The van der Waals surface area contributed by atoms with Crippen molar-refractivity contribution in [1.82, 2.24) is 0 Å². The van der Waals surface area contributed by atoms with Crippen molar-refractivity contribution in [2.24, 2.45) is 0 Å². The van der Waals surface area contributed by atoms with E-state index in [9.17, 15) is 9.59 Å². The Kier molecular flexibility index (Phi) is 5.87. The van der Waals surface area contributed by atoms with Gasteiger partial charge in [-0.3, -0.25) is 4.89 Å². The highest BCUT2D eigenvalue weighted by molar-refractivity contribution is 5.94. The zero-order valence-corrected chi connectivity index (χ0v) is 10.2. The lowest BCUT2D eigenvalue weighted by atomic mass is 10.1.